The van der Waals surface area contributed by atoms with Crippen molar-refractivity contribution in [3.05, 3.63) is 58.8 Å². The third kappa shape index (κ3) is 3.11. The number of halogens is 3. The van der Waals surface area contributed by atoms with Crippen LogP contribution in [0.2, 0.25) is 0 Å². The van der Waals surface area contributed by atoms with Crippen LogP contribution in [0.1, 0.15) is 0 Å². The van der Waals surface area contributed by atoms with E-state index < -0.39 is 0 Å². The van der Waals surface area contributed by atoms with Crippen LogP contribution in [-0.4, -0.2) is 0 Å². The van der Waals surface area contributed by atoms with Crippen molar-refractivity contribution in [1.82, 2.24) is 0 Å². The average molecular weight is 316 g/mol. The first-order valence-electron chi connectivity index (χ1n) is 4.89. The maximum atomic E-state index is 13.4. The summed E-state index contributed by atoms with van der Waals surface area (Å²) in [5.74, 6) is -0.384. The molecule has 5 heteroatoms. The summed E-state index contributed by atoms with van der Waals surface area (Å²) in [6.07, 6.45) is 0. The SMILES string of the molecule is Fc1ccccc1N(Cl)Nc1cccc(Br)c1. The van der Waals surface area contributed by atoms with Crippen LogP contribution < -0.4 is 9.95 Å². The highest BCUT2D eigenvalue weighted by atomic mass is 79.9. The smallest absolute Gasteiger partial charge is 0.149 e. The molecule has 0 saturated heterocycles. The molecule has 2 aromatic rings. The lowest BCUT2D eigenvalue weighted by Gasteiger charge is -2.18. The summed E-state index contributed by atoms with van der Waals surface area (Å²) < 4.78 is 15.5. The number of hydrazine groups is 1. The molecule has 2 aromatic carbocycles. The molecular formula is C12H9BrClFN2. The Balaban J connectivity index is 2.17. The van der Waals surface area contributed by atoms with Crippen molar-refractivity contribution in [3.8, 4) is 0 Å². The molecule has 0 spiro atoms. The third-order valence-corrected chi connectivity index (χ3v) is 2.88. The zero-order chi connectivity index (χ0) is 12.3. The highest BCUT2D eigenvalue weighted by Gasteiger charge is 2.08. The van der Waals surface area contributed by atoms with E-state index in [0.29, 0.717) is 0 Å². The van der Waals surface area contributed by atoms with Gasteiger partial charge in [-0.15, -0.1) is 0 Å². The van der Waals surface area contributed by atoms with Crippen molar-refractivity contribution in [2.45, 2.75) is 0 Å². The fourth-order valence-electron chi connectivity index (χ4n) is 1.34. The van der Waals surface area contributed by atoms with E-state index in [0.717, 1.165) is 14.7 Å². The largest absolute Gasteiger partial charge is 0.283 e. The Kier molecular flexibility index (Phi) is 3.86. The highest BCUT2D eigenvalue weighted by molar-refractivity contribution is 9.10. The Morgan fingerprint density at radius 3 is 2.59 bits per heavy atom. The van der Waals surface area contributed by atoms with Gasteiger partial charge >= 0.3 is 0 Å². The second-order valence-corrected chi connectivity index (χ2v) is 4.61. The number of nitrogens with one attached hydrogen (secondary N) is 1. The van der Waals surface area contributed by atoms with Gasteiger partial charge in [-0.3, -0.25) is 5.43 Å². The summed E-state index contributed by atoms with van der Waals surface area (Å²) in [5, 5.41) is 0. The number of anilines is 2. The normalized spacial score (nSPS) is 10.1. The lowest BCUT2D eigenvalue weighted by Crippen LogP contribution is -2.19. The van der Waals surface area contributed by atoms with Crippen molar-refractivity contribution in [2.75, 3.05) is 9.95 Å². The van der Waals surface area contributed by atoms with Crippen molar-refractivity contribution >= 4 is 39.1 Å². The molecule has 0 fully saturated rings. The molecule has 0 aliphatic rings. The van der Waals surface area contributed by atoms with Gasteiger partial charge in [0, 0.05) is 16.2 Å². The summed E-state index contributed by atoms with van der Waals surface area (Å²) >= 11 is 9.31. The fourth-order valence-corrected chi connectivity index (χ4v) is 1.98. The first-order valence-corrected chi connectivity index (χ1v) is 6.02. The molecule has 0 atom stereocenters. The molecule has 0 bridgehead atoms. The second-order valence-electron chi connectivity index (χ2n) is 3.35. The molecule has 1 N–H and O–H groups in total. The van der Waals surface area contributed by atoms with Crippen LogP contribution in [0, 0.1) is 5.82 Å². The molecule has 17 heavy (non-hydrogen) atoms. The lowest BCUT2D eigenvalue weighted by atomic mass is 10.3. The summed E-state index contributed by atoms with van der Waals surface area (Å²) in [5.41, 5.74) is 3.90. The molecule has 0 heterocycles. The monoisotopic (exact) mass is 314 g/mol. The zero-order valence-electron chi connectivity index (χ0n) is 8.70. The molecule has 0 radical (unpaired) electrons. The molecule has 0 aromatic heterocycles. The van der Waals surface area contributed by atoms with Gasteiger partial charge in [-0.1, -0.05) is 34.1 Å². The molecule has 2 rings (SSSR count). The Morgan fingerprint density at radius 2 is 1.88 bits per heavy atom. The van der Waals surface area contributed by atoms with Crippen molar-refractivity contribution in [3.63, 3.8) is 0 Å². The van der Waals surface area contributed by atoms with Gasteiger partial charge in [0.05, 0.1) is 5.69 Å². The first kappa shape index (κ1) is 12.2. The van der Waals surface area contributed by atoms with Gasteiger partial charge in [0.15, 0.2) is 0 Å². The third-order valence-electron chi connectivity index (χ3n) is 2.12. The lowest BCUT2D eigenvalue weighted by molar-refractivity contribution is 0.629. The fraction of sp³-hybridized carbons (Fsp3) is 0. The van der Waals surface area contributed by atoms with Crippen LogP contribution in [0.4, 0.5) is 15.8 Å². The van der Waals surface area contributed by atoms with Gasteiger partial charge in [-0.25, -0.2) is 4.39 Å². The summed E-state index contributed by atoms with van der Waals surface area (Å²) in [6.45, 7) is 0. The van der Waals surface area contributed by atoms with Crippen molar-refractivity contribution < 1.29 is 4.39 Å². The number of hydrogen-bond donors (Lipinski definition) is 1. The van der Waals surface area contributed by atoms with E-state index in [-0.39, 0.29) is 11.5 Å². The van der Waals surface area contributed by atoms with E-state index in [2.05, 4.69) is 21.4 Å². The van der Waals surface area contributed by atoms with Gasteiger partial charge in [-0.05, 0) is 30.3 Å². The van der Waals surface area contributed by atoms with E-state index in [1.54, 1.807) is 18.2 Å². The van der Waals surface area contributed by atoms with Crippen molar-refractivity contribution in [2.24, 2.45) is 0 Å². The average Bonchev–Trinajstić information content (AvgIpc) is 2.29. The summed E-state index contributed by atoms with van der Waals surface area (Å²) in [6, 6.07) is 13.7. The van der Waals surface area contributed by atoms with Crippen LogP contribution in [0.5, 0.6) is 0 Å². The highest BCUT2D eigenvalue weighted by Crippen LogP contribution is 2.23. The van der Waals surface area contributed by atoms with Gasteiger partial charge < -0.3 is 0 Å². The number of nitrogens with zero attached hydrogens (tertiary/aromatic N) is 1. The Bertz CT molecular complexity index is 521. The zero-order valence-corrected chi connectivity index (χ0v) is 11.0. The number of rotatable bonds is 3. The molecule has 2 nitrogen and oxygen atoms in total. The van der Waals surface area contributed by atoms with E-state index >= 15 is 0 Å². The molecular weight excluding hydrogens is 307 g/mol. The van der Waals surface area contributed by atoms with Crippen LogP contribution in [0.3, 0.4) is 0 Å². The quantitative estimate of drug-likeness (QED) is 0.659. The van der Waals surface area contributed by atoms with Crippen LogP contribution in [-0.2, 0) is 0 Å². The summed E-state index contributed by atoms with van der Waals surface area (Å²) in [7, 11) is 0. The van der Waals surface area contributed by atoms with Gasteiger partial charge in [-0.2, -0.15) is 4.53 Å². The van der Waals surface area contributed by atoms with E-state index in [1.165, 1.54) is 6.07 Å². The second kappa shape index (κ2) is 5.38. The maximum Gasteiger partial charge on any atom is 0.149 e. The first-order chi connectivity index (χ1) is 8.16. The Hall–Kier alpha value is -1.26. The van der Waals surface area contributed by atoms with Crippen LogP contribution in [0.15, 0.2) is 53.0 Å². The van der Waals surface area contributed by atoms with Gasteiger partial charge in [0.25, 0.3) is 0 Å². The number of benzene rings is 2. The topological polar surface area (TPSA) is 15.3 Å². The van der Waals surface area contributed by atoms with Gasteiger partial charge in [0.1, 0.15) is 11.5 Å². The standard InChI is InChI=1S/C12H9BrClFN2/c13-9-4-3-5-10(8-9)16-17(14)12-7-2-1-6-11(12)15/h1-8,16H. The van der Waals surface area contributed by atoms with Crippen LogP contribution >= 0.6 is 27.7 Å². The van der Waals surface area contributed by atoms with E-state index in [4.69, 9.17) is 11.8 Å². The number of para-hydroxylation sites is 1. The van der Waals surface area contributed by atoms with E-state index in [9.17, 15) is 4.39 Å². The molecule has 0 aliphatic heterocycles. The molecule has 0 amide bonds. The minimum absolute atomic E-state index is 0.272. The maximum absolute atomic E-state index is 13.4. The van der Waals surface area contributed by atoms with E-state index in [1.807, 2.05) is 24.3 Å². The Morgan fingerprint density at radius 1 is 1.12 bits per heavy atom. The molecule has 0 aliphatic carbocycles. The minimum atomic E-state index is -0.384. The predicted octanol–water partition coefficient (Wildman–Crippen LogP) is 4.58. The number of hydrogen-bond acceptors (Lipinski definition) is 2. The molecule has 88 valence electrons. The Labute approximate surface area is 112 Å². The molecule has 0 unspecified atom stereocenters. The predicted molar refractivity (Wildman–Crippen MR) is 72.5 cm³/mol. The van der Waals surface area contributed by atoms with Crippen molar-refractivity contribution in [1.29, 1.82) is 0 Å². The van der Waals surface area contributed by atoms with Gasteiger partial charge in [0.2, 0.25) is 0 Å². The summed E-state index contributed by atoms with van der Waals surface area (Å²) in [4.78, 5) is 0. The van der Waals surface area contributed by atoms with Crippen LogP contribution in [0.25, 0.3) is 0 Å². The minimum Gasteiger partial charge on any atom is -0.283 e. The molecule has 0 saturated carbocycles.